The van der Waals surface area contributed by atoms with Gasteiger partial charge in [0.25, 0.3) is 0 Å². The quantitative estimate of drug-likeness (QED) is 0.233. The number of rotatable bonds is 13. The zero-order chi connectivity index (χ0) is 29.3. The molecule has 0 saturated heterocycles. The molecule has 2 N–H and O–H groups in total. The van der Waals surface area contributed by atoms with Crippen molar-refractivity contribution < 1.29 is 24.2 Å². The number of hydrogen-bond donors (Lipinski definition) is 2. The molecule has 42 heavy (non-hydrogen) atoms. The number of aliphatic carboxylic acids is 1. The highest BCUT2D eigenvalue weighted by Crippen LogP contribution is 2.31. The molecule has 1 amide bonds. The lowest BCUT2D eigenvalue weighted by atomic mass is 9.83. The minimum atomic E-state index is -1.00. The normalized spacial score (nSPS) is 16.2. The molecule has 3 aromatic carbocycles. The number of anilines is 1. The van der Waals surface area contributed by atoms with E-state index >= 15 is 0 Å². The second-order valence-electron chi connectivity index (χ2n) is 11.4. The Morgan fingerprint density at radius 3 is 2.19 bits per heavy atom. The fourth-order valence-corrected chi connectivity index (χ4v) is 5.91. The lowest BCUT2D eigenvalue weighted by Gasteiger charge is -2.38. The summed E-state index contributed by atoms with van der Waals surface area (Å²) in [6, 6.07) is 22.8. The van der Waals surface area contributed by atoms with E-state index in [1.54, 1.807) is 48.5 Å². The van der Waals surface area contributed by atoms with Crippen LogP contribution < -0.4 is 10.1 Å². The first kappa shape index (κ1) is 29.4. The third kappa shape index (κ3) is 7.38. The van der Waals surface area contributed by atoms with Gasteiger partial charge in [-0.2, -0.15) is 0 Å². The summed E-state index contributed by atoms with van der Waals surface area (Å²) in [6.07, 6.45) is 9.17. The van der Waals surface area contributed by atoms with Crippen LogP contribution in [0.1, 0.15) is 72.9 Å². The average Bonchev–Trinajstić information content (AvgIpc) is 2.99. The van der Waals surface area contributed by atoms with Gasteiger partial charge in [0.15, 0.2) is 5.78 Å². The molecule has 7 nitrogen and oxygen atoms in total. The molecule has 0 radical (unpaired) electrons. The van der Waals surface area contributed by atoms with Gasteiger partial charge in [-0.15, -0.1) is 0 Å². The Balaban J connectivity index is 1.18. The molecular formula is C35H40N2O5. The fraction of sp³-hybridized carbons (Fsp3) is 0.400. The second kappa shape index (κ2) is 14.2. The summed E-state index contributed by atoms with van der Waals surface area (Å²) in [5.41, 5.74) is 2.29. The van der Waals surface area contributed by atoms with E-state index in [1.807, 2.05) is 30.3 Å². The van der Waals surface area contributed by atoms with Gasteiger partial charge in [-0.1, -0.05) is 80.3 Å². The highest BCUT2D eigenvalue weighted by atomic mass is 16.5. The third-order valence-corrected chi connectivity index (χ3v) is 8.55. The number of hydrogen-bond acceptors (Lipinski definition) is 5. The molecule has 0 spiro atoms. The number of carbonyl (C=O) groups is 3. The van der Waals surface area contributed by atoms with Crippen molar-refractivity contribution in [2.75, 3.05) is 18.5 Å². The minimum absolute atomic E-state index is 0.166. The maximum atomic E-state index is 13.1. The SMILES string of the molecule is O=C(c1ccccc1)c1ccccc1N[C@@H](Cc1ccc(OCCN(C(=O)C2CCC2)C2CCCCC2)cc1)C(=O)O. The molecule has 3 aromatic rings. The van der Waals surface area contributed by atoms with Crippen molar-refractivity contribution in [3.05, 3.63) is 95.6 Å². The van der Waals surface area contributed by atoms with E-state index < -0.39 is 12.0 Å². The van der Waals surface area contributed by atoms with Gasteiger partial charge in [0.2, 0.25) is 5.91 Å². The number of nitrogens with one attached hydrogen (secondary N) is 1. The maximum Gasteiger partial charge on any atom is 0.326 e. The summed E-state index contributed by atoms with van der Waals surface area (Å²) in [7, 11) is 0. The van der Waals surface area contributed by atoms with Crippen molar-refractivity contribution in [3.8, 4) is 5.75 Å². The molecule has 220 valence electrons. The van der Waals surface area contributed by atoms with Crippen LogP contribution in [0.2, 0.25) is 0 Å². The number of carboxylic acid groups (broad SMARTS) is 1. The van der Waals surface area contributed by atoms with Gasteiger partial charge in [0, 0.05) is 35.2 Å². The van der Waals surface area contributed by atoms with E-state index in [9.17, 15) is 19.5 Å². The van der Waals surface area contributed by atoms with Crippen LogP contribution in [0.15, 0.2) is 78.9 Å². The number of amides is 1. The van der Waals surface area contributed by atoms with Gasteiger partial charge in [-0.25, -0.2) is 4.79 Å². The van der Waals surface area contributed by atoms with Crippen LogP contribution in [0.25, 0.3) is 0 Å². The first-order chi connectivity index (χ1) is 20.5. The van der Waals surface area contributed by atoms with Crippen LogP contribution in [0.5, 0.6) is 5.75 Å². The molecule has 5 rings (SSSR count). The molecule has 2 fully saturated rings. The van der Waals surface area contributed by atoms with Crippen LogP contribution in [-0.2, 0) is 16.0 Å². The number of benzene rings is 3. The van der Waals surface area contributed by atoms with Gasteiger partial charge < -0.3 is 20.1 Å². The van der Waals surface area contributed by atoms with E-state index in [4.69, 9.17) is 4.74 Å². The molecule has 7 heteroatoms. The lowest BCUT2D eigenvalue weighted by molar-refractivity contribution is -0.142. The highest BCUT2D eigenvalue weighted by Gasteiger charge is 2.33. The summed E-state index contributed by atoms with van der Waals surface area (Å²) in [5, 5.41) is 13.1. The minimum Gasteiger partial charge on any atom is -0.492 e. The smallest absolute Gasteiger partial charge is 0.326 e. The van der Waals surface area contributed by atoms with E-state index in [1.165, 1.54) is 19.3 Å². The van der Waals surface area contributed by atoms with Crippen molar-refractivity contribution in [1.82, 2.24) is 4.90 Å². The molecular weight excluding hydrogens is 528 g/mol. The summed E-state index contributed by atoms with van der Waals surface area (Å²) in [6.45, 7) is 1.02. The summed E-state index contributed by atoms with van der Waals surface area (Å²) < 4.78 is 6.03. The molecule has 2 saturated carbocycles. The van der Waals surface area contributed by atoms with Gasteiger partial charge in [-0.05, 0) is 55.5 Å². The average molecular weight is 569 g/mol. The molecule has 0 aromatic heterocycles. The Labute approximate surface area is 247 Å². The summed E-state index contributed by atoms with van der Waals surface area (Å²) in [5.74, 6) is 0.00542. The Kier molecular flexibility index (Phi) is 9.90. The van der Waals surface area contributed by atoms with Gasteiger partial charge in [0.1, 0.15) is 18.4 Å². The Bertz CT molecular complexity index is 1350. The number of carbonyl (C=O) groups excluding carboxylic acids is 2. The predicted octanol–water partition coefficient (Wildman–Crippen LogP) is 6.37. The first-order valence-corrected chi connectivity index (χ1v) is 15.2. The Morgan fingerprint density at radius 1 is 0.833 bits per heavy atom. The molecule has 0 unspecified atom stereocenters. The Morgan fingerprint density at radius 2 is 1.52 bits per heavy atom. The van der Waals surface area contributed by atoms with Gasteiger partial charge in [0.05, 0.1) is 6.54 Å². The number of ketones is 1. The number of nitrogens with zero attached hydrogens (tertiary/aromatic N) is 1. The largest absolute Gasteiger partial charge is 0.492 e. The van der Waals surface area contributed by atoms with E-state index in [2.05, 4.69) is 10.2 Å². The van der Waals surface area contributed by atoms with Crippen LogP contribution in [-0.4, -0.2) is 52.9 Å². The zero-order valence-electron chi connectivity index (χ0n) is 24.0. The zero-order valence-corrected chi connectivity index (χ0v) is 24.0. The standard InChI is InChI=1S/C35H40N2O5/c38-33(26-10-3-1-4-11-26)30-16-7-8-17-31(30)36-32(35(40)41)24-25-18-20-29(21-19-25)42-23-22-37(28-14-5-2-6-15-28)34(39)27-12-9-13-27/h1,3-4,7-8,10-11,16-21,27-28,32,36H,2,5-6,9,12-15,22-24H2,(H,40,41)/t32-/m0/s1. The van der Waals surface area contributed by atoms with Crippen LogP contribution in [0, 0.1) is 5.92 Å². The van der Waals surface area contributed by atoms with E-state index in [-0.39, 0.29) is 18.1 Å². The molecule has 2 aliphatic rings. The molecule has 0 heterocycles. The fourth-order valence-electron chi connectivity index (χ4n) is 5.91. The summed E-state index contributed by atoms with van der Waals surface area (Å²) >= 11 is 0. The highest BCUT2D eigenvalue weighted by molar-refractivity contribution is 6.12. The number of ether oxygens (including phenoxy) is 1. The molecule has 2 aliphatic carbocycles. The number of carboxylic acids is 1. The summed E-state index contributed by atoms with van der Waals surface area (Å²) in [4.78, 5) is 40.5. The molecule has 0 aliphatic heterocycles. The van der Waals surface area contributed by atoms with Gasteiger partial charge >= 0.3 is 5.97 Å². The van der Waals surface area contributed by atoms with Crippen molar-refractivity contribution in [1.29, 1.82) is 0 Å². The molecule has 1 atom stereocenters. The van der Waals surface area contributed by atoms with Crippen molar-refractivity contribution in [2.24, 2.45) is 5.92 Å². The first-order valence-electron chi connectivity index (χ1n) is 15.2. The second-order valence-corrected chi connectivity index (χ2v) is 11.4. The van der Waals surface area contributed by atoms with Crippen LogP contribution in [0.4, 0.5) is 5.69 Å². The van der Waals surface area contributed by atoms with E-state index in [0.29, 0.717) is 47.7 Å². The Hall–Kier alpha value is -4.13. The van der Waals surface area contributed by atoms with Crippen LogP contribution in [0.3, 0.4) is 0 Å². The maximum absolute atomic E-state index is 13.1. The van der Waals surface area contributed by atoms with Crippen LogP contribution >= 0.6 is 0 Å². The van der Waals surface area contributed by atoms with E-state index in [0.717, 1.165) is 37.7 Å². The third-order valence-electron chi connectivity index (χ3n) is 8.55. The monoisotopic (exact) mass is 568 g/mol. The lowest BCUT2D eigenvalue weighted by Crippen LogP contribution is -2.47. The molecule has 0 bridgehead atoms. The van der Waals surface area contributed by atoms with Gasteiger partial charge in [-0.3, -0.25) is 9.59 Å². The van der Waals surface area contributed by atoms with Crippen molar-refractivity contribution in [3.63, 3.8) is 0 Å². The number of para-hydroxylation sites is 1. The van der Waals surface area contributed by atoms with Crippen molar-refractivity contribution >= 4 is 23.3 Å². The predicted molar refractivity (Wildman–Crippen MR) is 163 cm³/mol. The topological polar surface area (TPSA) is 95.9 Å². The van der Waals surface area contributed by atoms with Crippen molar-refractivity contribution in [2.45, 2.75) is 69.9 Å².